The molecule has 0 unspecified atom stereocenters. The lowest BCUT2D eigenvalue weighted by Crippen LogP contribution is -2.42. The molecule has 0 aliphatic carbocycles. The summed E-state index contributed by atoms with van der Waals surface area (Å²) >= 11 is 0. The molecule has 0 atom stereocenters. The van der Waals surface area contributed by atoms with Gasteiger partial charge in [-0.05, 0) is 13.8 Å². The Hall–Kier alpha value is -0.830. The summed E-state index contributed by atoms with van der Waals surface area (Å²) < 4.78 is 0. The first-order chi connectivity index (χ1) is 5.54. The van der Waals surface area contributed by atoms with Gasteiger partial charge >= 0.3 is 0 Å². The summed E-state index contributed by atoms with van der Waals surface area (Å²) in [4.78, 5) is 11.3. The Morgan fingerprint density at radius 2 is 2.17 bits per heavy atom. The Labute approximate surface area is 74.2 Å². The Morgan fingerprint density at radius 3 is 2.58 bits per heavy atom. The van der Waals surface area contributed by atoms with Gasteiger partial charge in [0, 0.05) is 20.1 Å². The summed E-state index contributed by atoms with van der Waals surface area (Å²) in [5, 5.41) is 5.74. The lowest BCUT2D eigenvalue weighted by molar-refractivity contribution is -0.128. The lowest BCUT2D eigenvalue weighted by atomic mass is 9.92. The van der Waals surface area contributed by atoms with Crippen LogP contribution < -0.4 is 10.6 Å². The van der Waals surface area contributed by atoms with E-state index in [1.54, 1.807) is 13.1 Å². The largest absolute Gasteiger partial charge is 0.359 e. The molecule has 0 aromatic carbocycles. The zero-order valence-corrected chi connectivity index (χ0v) is 8.11. The minimum absolute atomic E-state index is 0.0547. The third-order valence-corrected chi connectivity index (χ3v) is 1.70. The normalized spacial score (nSPS) is 10.9. The molecule has 1 amide bonds. The second kappa shape index (κ2) is 4.93. The van der Waals surface area contributed by atoms with E-state index in [1.165, 1.54) is 0 Å². The van der Waals surface area contributed by atoms with E-state index in [0.717, 1.165) is 6.54 Å². The predicted molar refractivity (Wildman–Crippen MR) is 50.9 cm³/mol. The first-order valence-electron chi connectivity index (χ1n) is 4.08. The molecule has 0 aromatic heterocycles. The van der Waals surface area contributed by atoms with E-state index in [1.807, 2.05) is 13.8 Å². The number of rotatable bonds is 5. The van der Waals surface area contributed by atoms with Crippen molar-refractivity contribution >= 4 is 5.91 Å². The van der Waals surface area contributed by atoms with Crippen LogP contribution in [0, 0.1) is 5.41 Å². The molecular weight excluding hydrogens is 152 g/mol. The molecule has 0 aliphatic rings. The van der Waals surface area contributed by atoms with Crippen LogP contribution in [-0.2, 0) is 4.79 Å². The van der Waals surface area contributed by atoms with Crippen molar-refractivity contribution in [2.75, 3.05) is 20.1 Å². The van der Waals surface area contributed by atoms with E-state index in [9.17, 15) is 4.79 Å². The molecule has 0 spiro atoms. The fourth-order valence-electron chi connectivity index (χ4n) is 0.905. The van der Waals surface area contributed by atoms with Crippen molar-refractivity contribution in [3.8, 4) is 0 Å². The summed E-state index contributed by atoms with van der Waals surface area (Å²) in [5.74, 6) is 0.0547. The van der Waals surface area contributed by atoms with Gasteiger partial charge in [0.2, 0.25) is 5.91 Å². The molecule has 0 aliphatic heterocycles. The van der Waals surface area contributed by atoms with Gasteiger partial charge in [-0.3, -0.25) is 4.79 Å². The molecule has 12 heavy (non-hydrogen) atoms. The van der Waals surface area contributed by atoms with Crippen molar-refractivity contribution in [2.24, 2.45) is 5.41 Å². The van der Waals surface area contributed by atoms with Gasteiger partial charge in [0.15, 0.2) is 0 Å². The first-order valence-corrected chi connectivity index (χ1v) is 4.08. The molecule has 3 nitrogen and oxygen atoms in total. The van der Waals surface area contributed by atoms with Crippen LogP contribution in [0.4, 0.5) is 0 Å². The van der Waals surface area contributed by atoms with E-state index in [0.29, 0.717) is 6.54 Å². The summed E-state index contributed by atoms with van der Waals surface area (Å²) in [6, 6.07) is 0. The number of hydrogen-bond acceptors (Lipinski definition) is 2. The third kappa shape index (κ3) is 3.53. The molecule has 70 valence electrons. The molecule has 0 fully saturated rings. The number of amides is 1. The lowest BCUT2D eigenvalue weighted by Gasteiger charge is -2.22. The van der Waals surface area contributed by atoms with E-state index < -0.39 is 0 Å². The highest BCUT2D eigenvalue weighted by Crippen LogP contribution is 2.12. The van der Waals surface area contributed by atoms with Crippen molar-refractivity contribution in [2.45, 2.75) is 13.8 Å². The van der Waals surface area contributed by atoms with Crippen LogP contribution in [0.5, 0.6) is 0 Å². The predicted octanol–water partition coefficient (Wildman–Crippen LogP) is 0.534. The zero-order chi connectivity index (χ0) is 9.61. The minimum Gasteiger partial charge on any atom is -0.359 e. The van der Waals surface area contributed by atoms with Crippen molar-refractivity contribution in [3.05, 3.63) is 12.7 Å². The highest BCUT2D eigenvalue weighted by molar-refractivity contribution is 5.81. The Balaban J connectivity index is 3.86. The maximum Gasteiger partial charge on any atom is 0.226 e. The number of hydrogen-bond donors (Lipinski definition) is 2. The van der Waals surface area contributed by atoms with Crippen LogP contribution in [0.1, 0.15) is 13.8 Å². The Kier molecular flexibility index (Phi) is 4.59. The second-order valence-electron chi connectivity index (χ2n) is 3.38. The summed E-state index contributed by atoms with van der Waals surface area (Å²) in [6.45, 7) is 8.79. The average Bonchev–Trinajstić information content (AvgIpc) is 2.03. The third-order valence-electron chi connectivity index (χ3n) is 1.70. The highest BCUT2D eigenvalue weighted by atomic mass is 16.2. The van der Waals surface area contributed by atoms with Gasteiger partial charge in [-0.15, -0.1) is 6.58 Å². The summed E-state index contributed by atoms with van der Waals surface area (Å²) in [6.07, 6.45) is 1.78. The van der Waals surface area contributed by atoms with E-state index in [4.69, 9.17) is 0 Å². The van der Waals surface area contributed by atoms with Gasteiger partial charge in [0.05, 0.1) is 5.41 Å². The Morgan fingerprint density at radius 1 is 1.58 bits per heavy atom. The molecule has 0 bridgehead atoms. The Bertz CT molecular complexity index is 164. The molecular formula is C9H18N2O. The molecule has 0 radical (unpaired) electrons. The molecule has 0 rings (SSSR count). The molecule has 0 aromatic rings. The molecule has 2 N–H and O–H groups in total. The molecule has 0 heterocycles. The van der Waals surface area contributed by atoms with Gasteiger partial charge in [0.25, 0.3) is 0 Å². The van der Waals surface area contributed by atoms with Crippen molar-refractivity contribution < 1.29 is 4.79 Å². The topological polar surface area (TPSA) is 41.1 Å². The van der Waals surface area contributed by atoms with E-state index in [-0.39, 0.29) is 11.3 Å². The van der Waals surface area contributed by atoms with E-state index in [2.05, 4.69) is 17.2 Å². The van der Waals surface area contributed by atoms with Gasteiger partial charge in [-0.25, -0.2) is 0 Å². The first kappa shape index (κ1) is 11.2. The van der Waals surface area contributed by atoms with Crippen molar-refractivity contribution in [3.63, 3.8) is 0 Å². The van der Waals surface area contributed by atoms with Crippen LogP contribution in [-0.4, -0.2) is 26.0 Å². The van der Waals surface area contributed by atoms with Gasteiger partial charge in [-0.1, -0.05) is 6.08 Å². The standard InChI is InChI=1S/C9H18N2O/c1-5-6-11-7-9(2,3)8(12)10-4/h5,11H,1,6-7H2,2-4H3,(H,10,12). The smallest absolute Gasteiger partial charge is 0.226 e. The second-order valence-corrected chi connectivity index (χ2v) is 3.38. The number of nitrogens with one attached hydrogen (secondary N) is 2. The van der Waals surface area contributed by atoms with Gasteiger partial charge in [0.1, 0.15) is 0 Å². The fraction of sp³-hybridized carbons (Fsp3) is 0.667. The fourth-order valence-corrected chi connectivity index (χ4v) is 0.905. The monoisotopic (exact) mass is 170 g/mol. The summed E-state index contributed by atoms with van der Waals surface area (Å²) in [5.41, 5.74) is -0.349. The number of carbonyl (C=O) groups excluding carboxylic acids is 1. The molecule has 0 saturated heterocycles. The minimum atomic E-state index is -0.349. The van der Waals surface area contributed by atoms with Gasteiger partial charge < -0.3 is 10.6 Å². The maximum absolute atomic E-state index is 11.3. The zero-order valence-electron chi connectivity index (χ0n) is 8.11. The van der Waals surface area contributed by atoms with Crippen LogP contribution in [0.3, 0.4) is 0 Å². The van der Waals surface area contributed by atoms with Crippen molar-refractivity contribution in [1.82, 2.24) is 10.6 Å². The molecule has 0 saturated carbocycles. The maximum atomic E-state index is 11.3. The van der Waals surface area contributed by atoms with Crippen molar-refractivity contribution in [1.29, 1.82) is 0 Å². The highest BCUT2D eigenvalue weighted by Gasteiger charge is 2.25. The summed E-state index contributed by atoms with van der Waals surface area (Å²) in [7, 11) is 1.65. The quantitative estimate of drug-likeness (QED) is 0.467. The SMILES string of the molecule is C=CCNCC(C)(C)C(=O)NC. The van der Waals surface area contributed by atoms with Crippen LogP contribution in [0.25, 0.3) is 0 Å². The van der Waals surface area contributed by atoms with Gasteiger partial charge in [-0.2, -0.15) is 0 Å². The van der Waals surface area contributed by atoms with Crippen LogP contribution in [0.15, 0.2) is 12.7 Å². The van der Waals surface area contributed by atoms with Crippen LogP contribution >= 0.6 is 0 Å². The van der Waals surface area contributed by atoms with E-state index >= 15 is 0 Å². The number of carbonyl (C=O) groups is 1. The average molecular weight is 170 g/mol. The molecule has 3 heteroatoms. The van der Waals surface area contributed by atoms with Crippen LogP contribution in [0.2, 0.25) is 0 Å².